The Morgan fingerprint density at radius 2 is 0.945 bits per heavy atom. The number of nitrogens with zero attached hydrogens (tertiary/aromatic N) is 5. The van der Waals surface area contributed by atoms with Gasteiger partial charge in [-0.3, -0.25) is 0 Å². The van der Waals surface area contributed by atoms with Crippen molar-refractivity contribution in [3.05, 3.63) is 188 Å². The molecule has 0 spiro atoms. The van der Waals surface area contributed by atoms with Gasteiger partial charge in [-0.05, 0) is 51.9 Å². The highest BCUT2D eigenvalue weighted by molar-refractivity contribution is 6.16. The number of para-hydroxylation sites is 1. The van der Waals surface area contributed by atoms with Crippen LogP contribution in [0.4, 0.5) is 0 Å². The number of rotatable bonds is 5. The molecule has 0 fully saturated rings. The minimum absolute atomic E-state index is 0.671. The molecule has 0 unspecified atom stereocenters. The van der Waals surface area contributed by atoms with Crippen LogP contribution < -0.4 is 0 Å². The van der Waals surface area contributed by atoms with Crippen LogP contribution in [0, 0.1) is 0 Å². The third-order valence-electron chi connectivity index (χ3n) is 10.6. The summed E-state index contributed by atoms with van der Waals surface area (Å²) < 4.78 is 2.12. The fraction of sp³-hybridized carbons (Fsp3) is 0. The summed E-state index contributed by atoms with van der Waals surface area (Å²) in [5.74, 6) is 0.671. The van der Waals surface area contributed by atoms with Crippen molar-refractivity contribution in [2.45, 2.75) is 0 Å². The summed E-state index contributed by atoms with van der Waals surface area (Å²) in [6.45, 7) is 0. The van der Waals surface area contributed by atoms with Crippen LogP contribution in [0.2, 0.25) is 0 Å². The molecule has 11 aromatic rings. The Balaban J connectivity index is 1.05. The average molecular weight is 702 g/mol. The summed E-state index contributed by atoms with van der Waals surface area (Å²) in [7, 11) is 0. The highest BCUT2D eigenvalue weighted by Gasteiger charge is 2.17. The van der Waals surface area contributed by atoms with E-state index >= 15 is 0 Å². The van der Waals surface area contributed by atoms with Crippen LogP contribution in [0.1, 0.15) is 0 Å². The van der Waals surface area contributed by atoms with Crippen molar-refractivity contribution < 1.29 is 0 Å². The van der Waals surface area contributed by atoms with Crippen LogP contribution in [-0.2, 0) is 0 Å². The summed E-state index contributed by atoms with van der Waals surface area (Å²) in [6, 6.07) is 61.4. The lowest BCUT2D eigenvalue weighted by atomic mass is 9.99. The molecule has 0 aliphatic rings. The van der Waals surface area contributed by atoms with E-state index in [4.69, 9.17) is 19.9 Å². The van der Waals surface area contributed by atoms with Crippen molar-refractivity contribution in [2.24, 2.45) is 0 Å². The molecule has 4 aromatic heterocycles. The first-order valence-electron chi connectivity index (χ1n) is 18.5. The van der Waals surface area contributed by atoms with E-state index in [9.17, 15) is 0 Å². The monoisotopic (exact) mass is 701 g/mol. The Kier molecular flexibility index (Phi) is 7.10. The number of benzene rings is 7. The van der Waals surface area contributed by atoms with Gasteiger partial charge < -0.3 is 4.40 Å². The molecule has 0 aliphatic carbocycles. The lowest BCUT2D eigenvalue weighted by Gasteiger charge is -2.13. The highest BCUT2D eigenvalue weighted by atomic mass is 15.0. The van der Waals surface area contributed by atoms with Gasteiger partial charge in [-0.25, -0.2) is 19.9 Å². The number of fused-ring (bicyclic) bond motifs is 7. The molecule has 0 N–H and O–H groups in total. The molecule has 0 amide bonds. The third kappa shape index (κ3) is 5.41. The maximum absolute atomic E-state index is 5.24. The fourth-order valence-electron chi connectivity index (χ4n) is 7.79. The molecule has 5 nitrogen and oxygen atoms in total. The van der Waals surface area contributed by atoms with E-state index in [1.54, 1.807) is 0 Å². The molecule has 4 heterocycles. The number of hydrogen-bond donors (Lipinski definition) is 0. The quantitative estimate of drug-likeness (QED) is 0.168. The zero-order valence-electron chi connectivity index (χ0n) is 29.6. The SMILES string of the molecule is c1ccc(-c2cn3ccc4c(-c5ccc(-c6nc(-c7ccc8ccccc8c7)cc(-c7ccc8ccccc8c7)n6)cc5)nc5ccccc5c4c3n2)cc1. The summed E-state index contributed by atoms with van der Waals surface area (Å²) in [6.07, 6.45) is 4.19. The van der Waals surface area contributed by atoms with E-state index in [0.29, 0.717) is 5.82 Å². The summed E-state index contributed by atoms with van der Waals surface area (Å²) in [5.41, 5.74) is 10.6. The van der Waals surface area contributed by atoms with E-state index in [0.717, 1.165) is 77.9 Å². The van der Waals surface area contributed by atoms with Crippen molar-refractivity contribution in [1.82, 2.24) is 24.3 Å². The van der Waals surface area contributed by atoms with Gasteiger partial charge in [-0.2, -0.15) is 0 Å². The van der Waals surface area contributed by atoms with Gasteiger partial charge in [-0.1, -0.05) is 146 Å². The summed E-state index contributed by atoms with van der Waals surface area (Å²) in [5, 5.41) is 7.97. The second-order valence-electron chi connectivity index (χ2n) is 14.0. The van der Waals surface area contributed by atoms with E-state index in [1.165, 1.54) is 21.5 Å². The minimum Gasteiger partial charge on any atom is -0.306 e. The maximum Gasteiger partial charge on any atom is 0.160 e. The van der Waals surface area contributed by atoms with Crippen LogP contribution in [0.5, 0.6) is 0 Å². The molecule has 0 bridgehead atoms. The second-order valence-corrected chi connectivity index (χ2v) is 14.0. The van der Waals surface area contributed by atoms with Crippen LogP contribution >= 0.6 is 0 Å². The third-order valence-corrected chi connectivity index (χ3v) is 10.6. The molecule has 0 atom stereocenters. The van der Waals surface area contributed by atoms with E-state index in [2.05, 4.69) is 168 Å². The molecule has 7 aromatic carbocycles. The Bertz CT molecular complexity index is 3160. The fourth-order valence-corrected chi connectivity index (χ4v) is 7.79. The smallest absolute Gasteiger partial charge is 0.160 e. The molecule has 0 aliphatic heterocycles. The molecular formula is C50H31N5. The Morgan fingerprint density at radius 3 is 1.64 bits per heavy atom. The molecule has 256 valence electrons. The summed E-state index contributed by atoms with van der Waals surface area (Å²) in [4.78, 5) is 20.8. The van der Waals surface area contributed by atoms with Crippen molar-refractivity contribution in [3.8, 4) is 56.4 Å². The number of aromatic nitrogens is 5. The van der Waals surface area contributed by atoms with Gasteiger partial charge >= 0.3 is 0 Å². The number of pyridine rings is 2. The normalized spacial score (nSPS) is 11.6. The first-order chi connectivity index (χ1) is 27.2. The summed E-state index contributed by atoms with van der Waals surface area (Å²) >= 11 is 0. The van der Waals surface area contributed by atoms with E-state index in [-0.39, 0.29) is 0 Å². The minimum atomic E-state index is 0.671. The molecule has 0 saturated heterocycles. The average Bonchev–Trinajstić information content (AvgIpc) is 3.71. The van der Waals surface area contributed by atoms with Gasteiger partial charge in [0.15, 0.2) is 5.82 Å². The van der Waals surface area contributed by atoms with Gasteiger partial charge in [0.25, 0.3) is 0 Å². The number of hydrogen-bond acceptors (Lipinski definition) is 4. The Labute approximate surface area is 316 Å². The van der Waals surface area contributed by atoms with Crippen LogP contribution in [0.25, 0.3) is 105 Å². The first-order valence-corrected chi connectivity index (χ1v) is 18.5. The van der Waals surface area contributed by atoms with Crippen molar-refractivity contribution in [1.29, 1.82) is 0 Å². The lowest BCUT2D eigenvalue weighted by molar-refractivity contribution is 1.18. The molecule has 55 heavy (non-hydrogen) atoms. The highest BCUT2D eigenvalue weighted by Crippen LogP contribution is 2.37. The van der Waals surface area contributed by atoms with Gasteiger partial charge in [0.05, 0.1) is 28.3 Å². The largest absolute Gasteiger partial charge is 0.306 e. The predicted octanol–water partition coefficient (Wildman–Crippen LogP) is 12.5. The van der Waals surface area contributed by atoms with Crippen LogP contribution in [0.15, 0.2) is 188 Å². The zero-order valence-corrected chi connectivity index (χ0v) is 29.6. The van der Waals surface area contributed by atoms with Crippen LogP contribution in [-0.4, -0.2) is 24.3 Å². The Hall–Kier alpha value is -7.50. The van der Waals surface area contributed by atoms with Gasteiger partial charge in [0, 0.05) is 56.4 Å². The lowest BCUT2D eigenvalue weighted by Crippen LogP contribution is -1.97. The molecular weight excluding hydrogens is 671 g/mol. The number of imidazole rings is 1. The topological polar surface area (TPSA) is 56.0 Å². The van der Waals surface area contributed by atoms with E-state index < -0.39 is 0 Å². The Morgan fingerprint density at radius 1 is 0.364 bits per heavy atom. The first kappa shape index (κ1) is 31.1. The van der Waals surface area contributed by atoms with Crippen molar-refractivity contribution in [3.63, 3.8) is 0 Å². The van der Waals surface area contributed by atoms with Crippen molar-refractivity contribution in [2.75, 3.05) is 0 Å². The van der Waals surface area contributed by atoms with E-state index in [1.807, 2.05) is 24.3 Å². The van der Waals surface area contributed by atoms with Gasteiger partial charge in [0.2, 0.25) is 0 Å². The standard InChI is InChI=1S/C50H31N5/c1-2-12-34(13-3-1)46-31-55-27-26-42-47(50(55)54-46)41-16-8-9-17-43(41)51-48(42)35-20-22-36(23-21-35)49-52-44(39-24-18-32-10-4-6-14-37(32)28-39)30-45(53-49)40-25-19-33-11-5-7-15-38(33)29-40/h1-31H. The van der Waals surface area contributed by atoms with Crippen LogP contribution in [0.3, 0.4) is 0 Å². The zero-order chi connectivity index (χ0) is 36.3. The predicted molar refractivity (Wildman–Crippen MR) is 226 cm³/mol. The molecule has 0 radical (unpaired) electrons. The van der Waals surface area contributed by atoms with Gasteiger partial charge in [-0.15, -0.1) is 0 Å². The molecule has 0 saturated carbocycles. The molecule has 5 heteroatoms. The second kappa shape index (κ2) is 12.6. The van der Waals surface area contributed by atoms with Crippen molar-refractivity contribution >= 4 is 48.9 Å². The molecule has 11 rings (SSSR count). The van der Waals surface area contributed by atoms with Gasteiger partial charge in [0.1, 0.15) is 5.65 Å². The maximum atomic E-state index is 5.24.